The molecule has 0 aliphatic heterocycles. The average Bonchev–Trinajstić information content (AvgIpc) is 2.55. The molecule has 0 saturated heterocycles. The van der Waals surface area contributed by atoms with Crippen molar-refractivity contribution in [3.8, 4) is 5.75 Å². The number of hydrogen-bond acceptors (Lipinski definition) is 4. The minimum absolute atomic E-state index is 0.0552. The van der Waals surface area contributed by atoms with Gasteiger partial charge in [-0.15, -0.1) is 0 Å². The van der Waals surface area contributed by atoms with E-state index in [4.69, 9.17) is 16.3 Å². The molecule has 0 radical (unpaired) electrons. The largest absolute Gasteiger partial charge is 0.491 e. The highest BCUT2D eigenvalue weighted by atomic mass is 35.5. The molecule has 0 aliphatic carbocycles. The first-order valence-corrected chi connectivity index (χ1v) is 9.45. The van der Waals surface area contributed by atoms with Gasteiger partial charge in [-0.1, -0.05) is 23.7 Å². The van der Waals surface area contributed by atoms with E-state index in [1.165, 1.54) is 12.1 Å². The lowest BCUT2D eigenvalue weighted by molar-refractivity contribution is -0.115. The van der Waals surface area contributed by atoms with Crippen LogP contribution in [0.1, 0.15) is 13.8 Å². The SMILES string of the molecule is CC(C)Oc1ccc(NC(=O)CNS(=O)(=O)c2ccccc2Cl)cc1. The van der Waals surface area contributed by atoms with Crippen molar-refractivity contribution in [1.82, 2.24) is 4.72 Å². The predicted molar refractivity (Wildman–Crippen MR) is 97.5 cm³/mol. The van der Waals surface area contributed by atoms with E-state index in [-0.39, 0.29) is 16.0 Å². The number of ether oxygens (including phenoxy) is 1. The van der Waals surface area contributed by atoms with Crippen molar-refractivity contribution in [2.24, 2.45) is 0 Å². The van der Waals surface area contributed by atoms with Crippen LogP contribution in [0.25, 0.3) is 0 Å². The molecule has 0 aromatic heterocycles. The number of halogens is 1. The third-order valence-corrected chi connectivity index (χ3v) is 4.96. The maximum atomic E-state index is 12.2. The lowest BCUT2D eigenvalue weighted by Gasteiger charge is -2.11. The second-order valence-corrected chi connectivity index (χ2v) is 7.64. The van der Waals surface area contributed by atoms with Crippen LogP contribution in [0.4, 0.5) is 5.69 Å². The highest BCUT2D eigenvalue weighted by molar-refractivity contribution is 7.89. The van der Waals surface area contributed by atoms with Gasteiger partial charge in [0.15, 0.2) is 0 Å². The Hall–Kier alpha value is -2.09. The zero-order chi connectivity index (χ0) is 18.4. The second kappa shape index (κ2) is 8.33. The molecule has 1 amide bonds. The first-order valence-electron chi connectivity index (χ1n) is 7.59. The summed E-state index contributed by atoms with van der Waals surface area (Å²) in [5, 5.41) is 2.70. The van der Waals surface area contributed by atoms with Gasteiger partial charge in [-0.05, 0) is 50.2 Å². The Morgan fingerprint density at radius 2 is 1.76 bits per heavy atom. The standard InChI is InChI=1S/C17H19ClN2O4S/c1-12(2)24-14-9-7-13(8-10-14)20-17(21)11-19-25(22,23)16-6-4-3-5-15(16)18/h3-10,12,19H,11H2,1-2H3,(H,20,21). The molecule has 0 atom stereocenters. The third-order valence-electron chi connectivity index (χ3n) is 3.06. The van der Waals surface area contributed by atoms with Gasteiger partial charge in [-0.25, -0.2) is 13.1 Å². The van der Waals surface area contributed by atoms with Crippen LogP contribution in [0.15, 0.2) is 53.4 Å². The molecule has 0 unspecified atom stereocenters. The Morgan fingerprint density at radius 3 is 2.36 bits per heavy atom. The Balaban J connectivity index is 1.93. The summed E-state index contributed by atoms with van der Waals surface area (Å²) >= 11 is 5.87. The van der Waals surface area contributed by atoms with Crippen molar-refractivity contribution in [3.05, 3.63) is 53.6 Å². The number of rotatable bonds is 7. The van der Waals surface area contributed by atoms with Crippen molar-refractivity contribution < 1.29 is 17.9 Å². The van der Waals surface area contributed by atoms with E-state index < -0.39 is 22.5 Å². The van der Waals surface area contributed by atoms with Crippen molar-refractivity contribution in [2.75, 3.05) is 11.9 Å². The number of carbonyl (C=O) groups excluding carboxylic acids is 1. The lowest BCUT2D eigenvalue weighted by atomic mass is 10.3. The predicted octanol–water partition coefficient (Wildman–Crippen LogP) is 3.04. The van der Waals surface area contributed by atoms with Gasteiger partial charge in [0, 0.05) is 5.69 Å². The van der Waals surface area contributed by atoms with Gasteiger partial charge in [-0.2, -0.15) is 0 Å². The van der Waals surface area contributed by atoms with Crippen LogP contribution in [0.5, 0.6) is 5.75 Å². The Morgan fingerprint density at radius 1 is 1.12 bits per heavy atom. The van der Waals surface area contributed by atoms with Crippen LogP contribution < -0.4 is 14.8 Å². The maximum absolute atomic E-state index is 12.2. The number of amides is 1. The number of anilines is 1. The second-order valence-electron chi connectivity index (χ2n) is 5.49. The third kappa shape index (κ3) is 5.74. The van der Waals surface area contributed by atoms with Gasteiger partial charge >= 0.3 is 0 Å². The van der Waals surface area contributed by atoms with E-state index in [2.05, 4.69) is 10.0 Å². The van der Waals surface area contributed by atoms with E-state index in [0.29, 0.717) is 11.4 Å². The molecule has 2 rings (SSSR count). The molecular formula is C17H19ClN2O4S. The van der Waals surface area contributed by atoms with Crippen molar-refractivity contribution in [1.29, 1.82) is 0 Å². The summed E-state index contributed by atoms with van der Waals surface area (Å²) in [5.74, 6) is 0.195. The Bertz CT molecular complexity index is 836. The van der Waals surface area contributed by atoms with Gasteiger partial charge in [0.25, 0.3) is 0 Å². The fourth-order valence-electron chi connectivity index (χ4n) is 2.00. The van der Waals surface area contributed by atoms with Crippen LogP contribution in [0.3, 0.4) is 0 Å². The number of benzene rings is 2. The molecule has 0 heterocycles. The summed E-state index contributed by atoms with van der Waals surface area (Å²) in [6.07, 6.45) is 0.0552. The molecule has 134 valence electrons. The van der Waals surface area contributed by atoms with Crippen LogP contribution in [0, 0.1) is 0 Å². The first-order chi connectivity index (χ1) is 11.8. The average molecular weight is 383 g/mol. The van der Waals surface area contributed by atoms with E-state index >= 15 is 0 Å². The summed E-state index contributed by atoms with van der Waals surface area (Å²) in [6, 6.07) is 12.8. The van der Waals surface area contributed by atoms with E-state index in [0.717, 1.165) is 0 Å². The summed E-state index contributed by atoms with van der Waals surface area (Å²) < 4.78 is 32.1. The van der Waals surface area contributed by atoms with Crippen LogP contribution >= 0.6 is 11.6 Å². The molecule has 25 heavy (non-hydrogen) atoms. The molecular weight excluding hydrogens is 364 g/mol. The smallest absolute Gasteiger partial charge is 0.242 e. The number of nitrogens with one attached hydrogen (secondary N) is 2. The number of carbonyl (C=O) groups is 1. The van der Waals surface area contributed by atoms with Gasteiger partial charge in [0.1, 0.15) is 10.6 Å². The Labute approximate surface area is 152 Å². The lowest BCUT2D eigenvalue weighted by Crippen LogP contribution is -2.33. The van der Waals surface area contributed by atoms with Gasteiger partial charge < -0.3 is 10.1 Å². The molecule has 6 nitrogen and oxygen atoms in total. The van der Waals surface area contributed by atoms with Crippen LogP contribution in [-0.4, -0.2) is 27.0 Å². The van der Waals surface area contributed by atoms with Crippen molar-refractivity contribution in [3.63, 3.8) is 0 Å². The molecule has 8 heteroatoms. The minimum atomic E-state index is -3.86. The van der Waals surface area contributed by atoms with Crippen LogP contribution in [-0.2, 0) is 14.8 Å². The zero-order valence-corrected chi connectivity index (χ0v) is 15.4. The van der Waals surface area contributed by atoms with E-state index in [1.807, 2.05) is 13.8 Å². The van der Waals surface area contributed by atoms with Gasteiger partial charge in [-0.3, -0.25) is 4.79 Å². The van der Waals surface area contributed by atoms with Gasteiger partial charge in [0.2, 0.25) is 15.9 Å². The normalized spacial score (nSPS) is 11.4. The Kier molecular flexibility index (Phi) is 6.41. The van der Waals surface area contributed by atoms with Gasteiger partial charge in [0.05, 0.1) is 17.7 Å². The van der Waals surface area contributed by atoms with Crippen LogP contribution in [0.2, 0.25) is 5.02 Å². The summed E-state index contributed by atoms with van der Waals surface area (Å²) in [4.78, 5) is 11.9. The molecule has 0 saturated carbocycles. The summed E-state index contributed by atoms with van der Waals surface area (Å²) in [7, 11) is -3.86. The minimum Gasteiger partial charge on any atom is -0.491 e. The van der Waals surface area contributed by atoms with Crippen molar-refractivity contribution >= 4 is 33.2 Å². The highest BCUT2D eigenvalue weighted by Crippen LogP contribution is 2.20. The fourth-order valence-corrected chi connectivity index (χ4v) is 3.49. The molecule has 2 N–H and O–H groups in total. The maximum Gasteiger partial charge on any atom is 0.242 e. The molecule has 0 fully saturated rings. The first kappa shape index (κ1) is 19.2. The number of sulfonamides is 1. The molecule has 0 aliphatic rings. The number of hydrogen-bond donors (Lipinski definition) is 2. The molecule has 0 spiro atoms. The van der Waals surface area contributed by atoms with E-state index in [9.17, 15) is 13.2 Å². The molecule has 2 aromatic rings. The highest BCUT2D eigenvalue weighted by Gasteiger charge is 2.18. The molecule has 0 bridgehead atoms. The monoisotopic (exact) mass is 382 g/mol. The van der Waals surface area contributed by atoms with E-state index in [1.54, 1.807) is 36.4 Å². The van der Waals surface area contributed by atoms with Crippen molar-refractivity contribution in [2.45, 2.75) is 24.8 Å². The zero-order valence-electron chi connectivity index (χ0n) is 13.8. The fraction of sp³-hybridized carbons (Fsp3) is 0.235. The quantitative estimate of drug-likeness (QED) is 0.770. The summed E-state index contributed by atoms with van der Waals surface area (Å²) in [6.45, 7) is 3.43. The molecule has 2 aromatic carbocycles. The topological polar surface area (TPSA) is 84.5 Å². The summed E-state index contributed by atoms with van der Waals surface area (Å²) in [5.41, 5.74) is 0.540.